The predicted octanol–water partition coefficient (Wildman–Crippen LogP) is 3.89. The molecular formula is C26H36N4O4S. The molecule has 1 aromatic heterocycles. The summed E-state index contributed by atoms with van der Waals surface area (Å²) in [5, 5.41) is 6.03. The van der Waals surface area contributed by atoms with Gasteiger partial charge in [-0.3, -0.25) is 14.5 Å². The number of hydrogen-bond acceptors (Lipinski definition) is 7. The molecule has 0 radical (unpaired) electrons. The van der Waals surface area contributed by atoms with E-state index in [1.165, 1.54) is 0 Å². The van der Waals surface area contributed by atoms with Gasteiger partial charge < -0.3 is 19.7 Å². The molecular weight excluding hydrogens is 464 g/mol. The van der Waals surface area contributed by atoms with E-state index in [4.69, 9.17) is 9.47 Å². The van der Waals surface area contributed by atoms with E-state index in [0.29, 0.717) is 30.2 Å². The van der Waals surface area contributed by atoms with Crippen molar-refractivity contribution in [3.63, 3.8) is 0 Å². The molecule has 1 N–H and O–H groups in total. The molecule has 1 aromatic carbocycles. The molecule has 2 aromatic rings. The van der Waals surface area contributed by atoms with Gasteiger partial charge in [-0.1, -0.05) is 13.3 Å². The van der Waals surface area contributed by atoms with E-state index in [-0.39, 0.29) is 35.8 Å². The highest BCUT2D eigenvalue weighted by atomic mass is 32.1. The lowest BCUT2D eigenvalue weighted by atomic mass is 9.85. The molecule has 1 fully saturated rings. The van der Waals surface area contributed by atoms with Crippen LogP contribution < -0.4 is 10.1 Å². The number of aromatic nitrogens is 1. The number of anilines is 1. The summed E-state index contributed by atoms with van der Waals surface area (Å²) in [6.07, 6.45) is 4.65. The van der Waals surface area contributed by atoms with Gasteiger partial charge in [0.15, 0.2) is 0 Å². The Morgan fingerprint density at radius 3 is 2.74 bits per heavy atom. The summed E-state index contributed by atoms with van der Waals surface area (Å²) >= 11 is 1.65. The first-order valence-electron chi connectivity index (χ1n) is 12.3. The van der Waals surface area contributed by atoms with Crippen molar-refractivity contribution in [2.75, 3.05) is 39.2 Å². The van der Waals surface area contributed by atoms with Gasteiger partial charge >= 0.3 is 0 Å². The predicted molar refractivity (Wildman–Crippen MR) is 137 cm³/mol. The summed E-state index contributed by atoms with van der Waals surface area (Å²) in [6.45, 7) is 6.69. The number of carbonyl (C=O) groups is 2. The molecule has 0 saturated heterocycles. The van der Waals surface area contributed by atoms with Crippen molar-refractivity contribution in [1.29, 1.82) is 0 Å². The van der Waals surface area contributed by atoms with E-state index >= 15 is 0 Å². The van der Waals surface area contributed by atoms with Gasteiger partial charge in [0.05, 0.1) is 18.2 Å². The number of carbonyl (C=O) groups excluding carboxylic acids is 2. The smallest absolute Gasteiger partial charge is 0.257 e. The van der Waals surface area contributed by atoms with E-state index < -0.39 is 0 Å². The molecule has 190 valence electrons. The molecule has 2 amide bonds. The van der Waals surface area contributed by atoms with Crippen molar-refractivity contribution < 1.29 is 19.1 Å². The maximum absolute atomic E-state index is 13.5. The highest BCUT2D eigenvalue weighted by Gasteiger charge is 2.29. The number of likely N-dealkylation sites (N-methyl/N-ethyl adjacent to an activating group) is 1. The van der Waals surface area contributed by atoms with Crippen LogP contribution in [0.1, 0.15) is 48.5 Å². The minimum atomic E-state index is -0.151. The molecule has 0 unspecified atom stereocenters. The highest BCUT2D eigenvalue weighted by Crippen LogP contribution is 2.30. The first-order valence-corrected chi connectivity index (χ1v) is 13.2. The third-order valence-corrected chi connectivity index (χ3v) is 7.90. The minimum absolute atomic E-state index is 0.0193. The van der Waals surface area contributed by atoms with Gasteiger partial charge in [0.2, 0.25) is 5.91 Å². The van der Waals surface area contributed by atoms with Gasteiger partial charge in [-0.15, -0.1) is 11.3 Å². The van der Waals surface area contributed by atoms with Gasteiger partial charge in [-0.05, 0) is 43.9 Å². The first kappa shape index (κ1) is 25.6. The van der Waals surface area contributed by atoms with Crippen LogP contribution in [0.4, 0.5) is 5.69 Å². The fraction of sp³-hybridized carbons (Fsp3) is 0.577. The van der Waals surface area contributed by atoms with Gasteiger partial charge in [0.25, 0.3) is 5.91 Å². The van der Waals surface area contributed by atoms with Crippen molar-refractivity contribution in [2.24, 2.45) is 11.8 Å². The second kappa shape index (κ2) is 11.5. The molecule has 4 rings (SSSR count). The maximum atomic E-state index is 13.5. The molecule has 1 aliphatic heterocycles. The lowest BCUT2D eigenvalue weighted by molar-refractivity contribution is -0.122. The number of ether oxygens (including phenoxy) is 2. The van der Waals surface area contributed by atoms with Crippen LogP contribution in [0.5, 0.6) is 5.75 Å². The largest absolute Gasteiger partial charge is 0.491 e. The van der Waals surface area contributed by atoms with Crippen LogP contribution in [0, 0.1) is 11.8 Å². The maximum Gasteiger partial charge on any atom is 0.257 e. The van der Waals surface area contributed by atoms with E-state index in [2.05, 4.69) is 29.0 Å². The van der Waals surface area contributed by atoms with Crippen LogP contribution >= 0.6 is 11.3 Å². The number of fused-ring (bicyclic) bond motifs is 1. The van der Waals surface area contributed by atoms with Crippen LogP contribution in [0.25, 0.3) is 0 Å². The molecule has 2 heterocycles. The van der Waals surface area contributed by atoms with Crippen LogP contribution in [0.15, 0.2) is 29.8 Å². The topological polar surface area (TPSA) is 84.0 Å². The molecule has 35 heavy (non-hydrogen) atoms. The second-order valence-electron chi connectivity index (χ2n) is 9.78. The number of nitrogens with zero attached hydrogens (tertiary/aromatic N) is 3. The normalized spacial score (nSPS) is 24.5. The number of methoxy groups -OCH3 is 1. The Balaban J connectivity index is 1.60. The van der Waals surface area contributed by atoms with E-state index in [1.54, 1.807) is 42.5 Å². The molecule has 1 saturated carbocycles. The second-order valence-corrected chi connectivity index (χ2v) is 10.8. The van der Waals surface area contributed by atoms with Crippen LogP contribution in [0.2, 0.25) is 0 Å². The van der Waals surface area contributed by atoms with Gasteiger partial charge in [0, 0.05) is 56.5 Å². The minimum Gasteiger partial charge on any atom is -0.491 e. The van der Waals surface area contributed by atoms with Crippen LogP contribution in [0.3, 0.4) is 0 Å². The number of rotatable bonds is 5. The summed E-state index contributed by atoms with van der Waals surface area (Å²) in [5.74, 6) is 0.642. The summed E-state index contributed by atoms with van der Waals surface area (Å²) in [6, 6.07) is 5.43. The number of hydrogen-bond donors (Lipinski definition) is 1. The molecule has 9 heteroatoms. The standard InChI is InChI=1S/C26H36N4O4S/c1-17-13-30(15-24-27-10-11-35-24)18(2)16-34-22-9-8-20(28-25(31)19-6-5-7-19)12-21(22)26(32)29(3)14-23(17)33-4/h8-12,17-19,23H,5-7,13-16H2,1-4H3,(H,28,31)/t17-,18-,23+/m0/s1. The zero-order valence-corrected chi connectivity index (χ0v) is 21.8. The Morgan fingerprint density at radius 2 is 2.09 bits per heavy atom. The average molecular weight is 501 g/mol. The molecule has 3 atom stereocenters. The third-order valence-electron chi connectivity index (χ3n) is 7.14. The third kappa shape index (κ3) is 6.20. The van der Waals surface area contributed by atoms with Gasteiger partial charge in [0.1, 0.15) is 17.4 Å². The van der Waals surface area contributed by atoms with Gasteiger partial charge in [-0.25, -0.2) is 4.98 Å². The SMILES string of the molecule is CO[C@@H]1CN(C)C(=O)c2cc(NC(=O)C3CCC3)ccc2OC[C@H](C)N(Cc2nccs2)C[C@@H]1C. The van der Waals surface area contributed by atoms with Crippen molar-refractivity contribution in [3.05, 3.63) is 40.3 Å². The monoisotopic (exact) mass is 500 g/mol. The van der Waals surface area contributed by atoms with Crippen molar-refractivity contribution in [3.8, 4) is 5.75 Å². The van der Waals surface area contributed by atoms with Gasteiger partial charge in [-0.2, -0.15) is 0 Å². The average Bonchev–Trinajstić information content (AvgIpc) is 3.31. The van der Waals surface area contributed by atoms with Crippen molar-refractivity contribution >= 4 is 28.8 Å². The fourth-order valence-electron chi connectivity index (χ4n) is 4.57. The lowest BCUT2D eigenvalue weighted by Gasteiger charge is -2.35. The van der Waals surface area contributed by atoms with E-state index in [1.807, 2.05) is 17.6 Å². The fourth-order valence-corrected chi connectivity index (χ4v) is 5.21. The number of thiazole rings is 1. The quantitative estimate of drug-likeness (QED) is 0.671. The van der Waals surface area contributed by atoms with Crippen molar-refractivity contribution in [2.45, 2.75) is 51.8 Å². The van der Waals surface area contributed by atoms with Crippen LogP contribution in [-0.4, -0.2) is 72.6 Å². The Hall–Kier alpha value is -2.49. The Kier molecular flexibility index (Phi) is 8.41. The summed E-state index contributed by atoms with van der Waals surface area (Å²) in [5.41, 5.74) is 1.06. The molecule has 8 nitrogen and oxygen atoms in total. The zero-order chi connectivity index (χ0) is 24.9. The number of benzene rings is 1. The molecule has 0 spiro atoms. The summed E-state index contributed by atoms with van der Waals surface area (Å²) in [7, 11) is 3.48. The Morgan fingerprint density at radius 1 is 1.29 bits per heavy atom. The molecule has 2 aliphatic rings. The van der Waals surface area contributed by atoms with Crippen LogP contribution in [-0.2, 0) is 16.1 Å². The van der Waals surface area contributed by atoms with Crippen molar-refractivity contribution in [1.82, 2.24) is 14.8 Å². The summed E-state index contributed by atoms with van der Waals surface area (Å²) < 4.78 is 12.1. The van der Waals surface area contributed by atoms with E-state index in [9.17, 15) is 9.59 Å². The van der Waals surface area contributed by atoms with E-state index in [0.717, 1.165) is 37.4 Å². The molecule has 1 aliphatic carbocycles. The number of amides is 2. The summed E-state index contributed by atoms with van der Waals surface area (Å²) in [4.78, 5) is 34.5. The lowest BCUT2D eigenvalue weighted by Crippen LogP contribution is -2.46. The molecule has 0 bridgehead atoms. The Labute approximate surface area is 211 Å². The zero-order valence-electron chi connectivity index (χ0n) is 21.0. The first-order chi connectivity index (χ1) is 16.9. The Bertz CT molecular complexity index is 1010. The number of nitrogens with one attached hydrogen (secondary N) is 1. The highest BCUT2D eigenvalue weighted by molar-refractivity contribution is 7.09.